The molecule has 3 rings (SSSR count). The number of anilines is 2. The number of rotatable bonds is 6. The topological polar surface area (TPSA) is 81.2 Å². The van der Waals surface area contributed by atoms with Crippen molar-refractivity contribution < 1.29 is 9.59 Å². The fourth-order valence-corrected chi connectivity index (χ4v) is 3.34. The summed E-state index contributed by atoms with van der Waals surface area (Å²) >= 11 is 0. The molecule has 2 N–H and O–H groups in total. The van der Waals surface area contributed by atoms with Crippen molar-refractivity contribution in [3.8, 4) is 0 Å². The summed E-state index contributed by atoms with van der Waals surface area (Å²) in [5, 5.41) is 0. The fraction of sp³-hybridized carbons (Fsp3) is 0.227. The smallest absolute Gasteiger partial charge is 0.247 e. The number of nitrogens with two attached hydrogens (primary N) is 1. The summed E-state index contributed by atoms with van der Waals surface area (Å²) in [5.74, 6) is 0.402. The molecule has 0 bridgehead atoms. The van der Waals surface area contributed by atoms with Gasteiger partial charge in [-0.3, -0.25) is 14.5 Å². The molecule has 0 fully saturated rings. The van der Waals surface area contributed by atoms with Crippen LogP contribution in [0.5, 0.6) is 0 Å². The van der Waals surface area contributed by atoms with Crippen LogP contribution in [0.4, 0.5) is 11.4 Å². The Labute approximate surface area is 164 Å². The molecule has 28 heavy (non-hydrogen) atoms. The number of ketones is 1. The summed E-state index contributed by atoms with van der Waals surface area (Å²) in [4.78, 5) is 31.8. The van der Waals surface area contributed by atoms with E-state index in [0.717, 1.165) is 17.0 Å². The van der Waals surface area contributed by atoms with Crippen LogP contribution >= 0.6 is 0 Å². The number of amides is 1. The molecule has 2 aromatic carbocycles. The van der Waals surface area contributed by atoms with Crippen molar-refractivity contribution in [1.82, 2.24) is 9.55 Å². The molecule has 1 aromatic heterocycles. The van der Waals surface area contributed by atoms with Crippen LogP contribution in [-0.2, 0) is 16.1 Å². The van der Waals surface area contributed by atoms with Gasteiger partial charge in [-0.25, -0.2) is 4.98 Å². The second-order valence-corrected chi connectivity index (χ2v) is 6.83. The number of nitrogen functional groups attached to an aromatic ring is 1. The van der Waals surface area contributed by atoms with Crippen LogP contribution < -0.4 is 10.6 Å². The van der Waals surface area contributed by atoms with Gasteiger partial charge in [0.15, 0.2) is 5.78 Å². The highest BCUT2D eigenvalue weighted by Gasteiger charge is 2.31. The maximum absolute atomic E-state index is 13.4. The molecule has 1 amide bonds. The highest BCUT2D eigenvalue weighted by molar-refractivity contribution is 6.01. The number of aryl methyl sites for hydroxylation is 2. The standard InChI is InChI=1S/C22H24N4O2/c1-15-7-4-5-10-20(15)22(16(2)27)26(19-9-6-8-18(23)13-19)21(28)14-25-12-11-24-17(25)3/h4-13,22H,14,23H2,1-3H3. The van der Waals surface area contributed by atoms with Gasteiger partial charge in [-0.05, 0) is 50.1 Å². The molecule has 0 aliphatic rings. The van der Waals surface area contributed by atoms with Gasteiger partial charge in [0.2, 0.25) is 5.91 Å². The lowest BCUT2D eigenvalue weighted by atomic mass is 9.96. The van der Waals surface area contributed by atoms with Crippen LogP contribution in [0.2, 0.25) is 0 Å². The molecule has 6 nitrogen and oxygen atoms in total. The van der Waals surface area contributed by atoms with E-state index in [1.165, 1.54) is 6.92 Å². The Balaban J connectivity index is 2.11. The first-order valence-electron chi connectivity index (χ1n) is 9.10. The Morgan fingerprint density at radius 3 is 2.50 bits per heavy atom. The normalized spacial score (nSPS) is 11.8. The van der Waals surface area contributed by atoms with Crippen molar-refractivity contribution in [3.05, 3.63) is 77.9 Å². The Kier molecular flexibility index (Phi) is 5.59. The maximum Gasteiger partial charge on any atom is 0.247 e. The van der Waals surface area contributed by atoms with Crippen LogP contribution in [0.15, 0.2) is 60.9 Å². The Hall–Kier alpha value is -3.41. The quantitative estimate of drug-likeness (QED) is 0.668. The predicted molar refractivity (Wildman–Crippen MR) is 110 cm³/mol. The van der Waals surface area contributed by atoms with E-state index in [4.69, 9.17) is 5.73 Å². The molecule has 1 heterocycles. The second kappa shape index (κ2) is 8.08. The molecule has 0 aliphatic heterocycles. The van der Waals surface area contributed by atoms with Crippen LogP contribution in [0.25, 0.3) is 0 Å². The number of Topliss-reactive ketones (excluding diaryl/α,β-unsaturated/α-hetero) is 1. The summed E-state index contributed by atoms with van der Waals surface area (Å²) in [6, 6.07) is 13.9. The zero-order valence-corrected chi connectivity index (χ0v) is 16.3. The van der Waals surface area contributed by atoms with Crippen LogP contribution in [0, 0.1) is 13.8 Å². The van der Waals surface area contributed by atoms with Crippen LogP contribution in [0.3, 0.4) is 0 Å². The number of nitrogens with zero attached hydrogens (tertiary/aromatic N) is 3. The summed E-state index contributed by atoms with van der Waals surface area (Å²) < 4.78 is 1.76. The average Bonchev–Trinajstić information content (AvgIpc) is 3.04. The van der Waals surface area contributed by atoms with Crippen molar-refractivity contribution in [2.24, 2.45) is 0 Å². The Morgan fingerprint density at radius 1 is 1.14 bits per heavy atom. The van der Waals surface area contributed by atoms with Crippen molar-refractivity contribution in [2.75, 3.05) is 10.6 Å². The number of hydrogen-bond acceptors (Lipinski definition) is 4. The molecule has 1 atom stereocenters. The van der Waals surface area contributed by atoms with Crippen molar-refractivity contribution in [1.29, 1.82) is 0 Å². The minimum atomic E-state index is -0.737. The summed E-state index contributed by atoms with van der Waals surface area (Å²) in [5.41, 5.74) is 8.83. The van der Waals surface area contributed by atoms with Gasteiger partial charge < -0.3 is 10.3 Å². The van der Waals surface area contributed by atoms with Gasteiger partial charge in [-0.1, -0.05) is 30.3 Å². The third-order valence-corrected chi connectivity index (χ3v) is 4.77. The lowest BCUT2D eigenvalue weighted by molar-refractivity contribution is -0.124. The second-order valence-electron chi connectivity index (χ2n) is 6.83. The Bertz CT molecular complexity index is 1010. The number of carbonyl (C=O) groups is 2. The summed E-state index contributed by atoms with van der Waals surface area (Å²) in [6.07, 6.45) is 3.40. The lowest BCUT2D eigenvalue weighted by Crippen LogP contribution is -2.40. The van der Waals surface area contributed by atoms with Crippen molar-refractivity contribution in [3.63, 3.8) is 0 Å². The SMILES string of the molecule is CC(=O)C(c1ccccc1C)N(C(=O)Cn1ccnc1C)c1cccc(N)c1. The molecule has 6 heteroatoms. The van der Waals surface area contributed by atoms with E-state index in [1.807, 2.05) is 38.1 Å². The van der Waals surface area contributed by atoms with E-state index in [9.17, 15) is 9.59 Å². The molecular weight excluding hydrogens is 352 g/mol. The third-order valence-electron chi connectivity index (χ3n) is 4.77. The lowest BCUT2D eigenvalue weighted by Gasteiger charge is -2.32. The van der Waals surface area contributed by atoms with Gasteiger partial charge in [0.25, 0.3) is 0 Å². The van der Waals surface area contributed by atoms with Gasteiger partial charge in [-0.15, -0.1) is 0 Å². The monoisotopic (exact) mass is 376 g/mol. The van der Waals surface area contributed by atoms with Gasteiger partial charge in [0, 0.05) is 23.8 Å². The van der Waals surface area contributed by atoms with E-state index in [-0.39, 0.29) is 18.2 Å². The van der Waals surface area contributed by atoms with E-state index in [2.05, 4.69) is 4.98 Å². The summed E-state index contributed by atoms with van der Waals surface area (Å²) in [7, 11) is 0. The molecule has 0 saturated carbocycles. The minimum Gasteiger partial charge on any atom is -0.399 e. The Morgan fingerprint density at radius 2 is 1.89 bits per heavy atom. The van der Waals surface area contributed by atoms with Crippen molar-refractivity contribution >= 4 is 23.1 Å². The van der Waals surface area contributed by atoms with E-state index < -0.39 is 6.04 Å². The zero-order valence-electron chi connectivity index (χ0n) is 16.3. The van der Waals surface area contributed by atoms with Gasteiger partial charge >= 0.3 is 0 Å². The van der Waals surface area contributed by atoms with E-state index >= 15 is 0 Å². The fourth-order valence-electron chi connectivity index (χ4n) is 3.34. The van der Waals surface area contributed by atoms with E-state index in [1.54, 1.807) is 46.1 Å². The van der Waals surface area contributed by atoms with Crippen LogP contribution in [0.1, 0.15) is 29.9 Å². The summed E-state index contributed by atoms with van der Waals surface area (Å²) in [6.45, 7) is 5.36. The molecule has 1 unspecified atom stereocenters. The molecule has 0 spiro atoms. The van der Waals surface area contributed by atoms with Gasteiger partial charge in [0.1, 0.15) is 18.4 Å². The molecular formula is C22H24N4O2. The minimum absolute atomic E-state index is 0.0797. The number of hydrogen-bond donors (Lipinski definition) is 1. The predicted octanol–water partition coefficient (Wildman–Crippen LogP) is 3.45. The third kappa shape index (κ3) is 3.96. The number of imidazole rings is 1. The molecule has 0 aliphatic carbocycles. The highest BCUT2D eigenvalue weighted by atomic mass is 16.2. The first kappa shape index (κ1) is 19.4. The van der Waals surface area contributed by atoms with Gasteiger partial charge in [-0.2, -0.15) is 0 Å². The first-order valence-corrected chi connectivity index (χ1v) is 9.10. The maximum atomic E-state index is 13.4. The van der Waals surface area contributed by atoms with Crippen LogP contribution in [-0.4, -0.2) is 21.2 Å². The molecule has 0 radical (unpaired) electrons. The zero-order chi connectivity index (χ0) is 20.3. The largest absolute Gasteiger partial charge is 0.399 e. The van der Waals surface area contributed by atoms with Crippen molar-refractivity contribution in [2.45, 2.75) is 33.4 Å². The molecule has 0 saturated heterocycles. The molecule has 3 aromatic rings. The highest BCUT2D eigenvalue weighted by Crippen LogP contribution is 2.31. The van der Waals surface area contributed by atoms with E-state index in [0.29, 0.717) is 11.4 Å². The first-order chi connectivity index (χ1) is 13.4. The molecule has 144 valence electrons. The number of carbonyl (C=O) groups excluding carboxylic acids is 2. The average molecular weight is 376 g/mol. The number of benzene rings is 2. The number of aromatic nitrogens is 2. The van der Waals surface area contributed by atoms with Gasteiger partial charge in [0.05, 0.1) is 0 Å².